The molecule has 0 saturated carbocycles. The first-order valence-electron chi connectivity index (χ1n) is 10.2. The number of ether oxygens (including phenoxy) is 2. The molecular formula is C19H38N4O2. The van der Waals surface area contributed by atoms with E-state index in [2.05, 4.69) is 34.4 Å². The Labute approximate surface area is 153 Å². The van der Waals surface area contributed by atoms with Crippen LogP contribution >= 0.6 is 0 Å². The van der Waals surface area contributed by atoms with Gasteiger partial charge in [-0.05, 0) is 46.1 Å². The average molecular weight is 355 g/mol. The molecule has 2 saturated heterocycles. The Morgan fingerprint density at radius 1 is 1.28 bits per heavy atom. The van der Waals surface area contributed by atoms with E-state index in [1.807, 2.05) is 0 Å². The highest BCUT2D eigenvalue weighted by atomic mass is 16.5. The third-order valence-corrected chi connectivity index (χ3v) is 5.07. The van der Waals surface area contributed by atoms with Crippen LogP contribution in [0.1, 0.15) is 46.0 Å². The molecule has 2 unspecified atom stereocenters. The van der Waals surface area contributed by atoms with Crippen molar-refractivity contribution in [3.63, 3.8) is 0 Å². The number of likely N-dealkylation sites (tertiary alicyclic amines) is 1. The highest BCUT2D eigenvalue weighted by Crippen LogP contribution is 2.15. The van der Waals surface area contributed by atoms with Gasteiger partial charge in [-0.2, -0.15) is 0 Å². The van der Waals surface area contributed by atoms with E-state index in [4.69, 9.17) is 9.47 Å². The zero-order chi connectivity index (χ0) is 17.7. The van der Waals surface area contributed by atoms with E-state index in [0.29, 0.717) is 5.92 Å². The molecule has 25 heavy (non-hydrogen) atoms. The van der Waals surface area contributed by atoms with Gasteiger partial charge in [-0.15, -0.1) is 0 Å². The fraction of sp³-hybridized carbons (Fsp3) is 0.947. The third kappa shape index (κ3) is 8.38. The summed E-state index contributed by atoms with van der Waals surface area (Å²) in [6.45, 7) is 12.8. The molecule has 2 aliphatic heterocycles. The monoisotopic (exact) mass is 354 g/mol. The van der Waals surface area contributed by atoms with Crippen LogP contribution in [0.25, 0.3) is 0 Å². The summed E-state index contributed by atoms with van der Waals surface area (Å²) in [5.74, 6) is 1.52. The van der Waals surface area contributed by atoms with Crippen molar-refractivity contribution in [2.75, 3.05) is 59.2 Å². The number of piperidine rings is 1. The van der Waals surface area contributed by atoms with Crippen molar-refractivity contribution in [3.05, 3.63) is 0 Å². The van der Waals surface area contributed by atoms with Crippen molar-refractivity contribution in [2.24, 2.45) is 10.9 Å². The summed E-state index contributed by atoms with van der Waals surface area (Å²) in [5.41, 5.74) is 0. The van der Waals surface area contributed by atoms with Crippen LogP contribution in [-0.4, -0.2) is 76.1 Å². The molecule has 2 heterocycles. The first kappa shape index (κ1) is 20.5. The van der Waals surface area contributed by atoms with Gasteiger partial charge < -0.3 is 20.1 Å². The fourth-order valence-corrected chi connectivity index (χ4v) is 3.47. The molecule has 0 aromatic carbocycles. The van der Waals surface area contributed by atoms with Crippen molar-refractivity contribution in [1.29, 1.82) is 0 Å². The second-order valence-corrected chi connectivity index (χ2v) is 7.23. The first-order chi connectivity index (χ1) is 12.3. The van der Waals surface area contributed by atoms with Crippen LogP contribution in [0.4, 0.5) is 0 Å². The lowest BCUT2D eigenvalue weighted by atomic mass is 10.0. The van der Waals surface area contributed by atoms with Crippen molar-refractivity contribution in [2.45, 2.75) is 52.0 Å². The molecule has 2 atom stereocenters. The van der Waals surface area contributed by atoms with Gasteiger partial charge in [0.25, 0.3) is 0 Å². The average Bonchev–Trinajstić information content (AvgIpc) is 3.13. The second kappa shape index (κ2) is 12.5. The number of hydrogen-bond donors (Lipinski definition) is 2. The molecule has 2 rings (SSSR count). The van der Waals surface area contributed by atoms with Gasteiger partial charge in [-0.3, -0.25) is 9.89 Å². The molecule has 6 heteroatoms. The molecule has 146 valence electrons. The highest BCUT2D eigenvalue weighted by Gasteiger charge is 2.17. The molecule has 6 nitrogen and oxygen atoms in total. The number of guanidine groups is 1. The van der Waals surface area contributed by atoms with Crippen molar-refractivity contribution in [1.82, 2.24) is 15.5 Å². The summed E-state index contributed by atoms with van der Waals surface area (Å²) >= 11 is 0. The van der Waals surface area contributed by atoms with Crippen LogP contribution in [0.2, 0.25) is 0 Å². The molecule has 0 aromatic rings. The zero-order valence-corrected chi connectivity index (χ0v) is 16.3. The Morgan fingerprint density at radius 2 is 2.20 bits per heavy atom. The number of nitrogens with one attached hydrogen (secondary N) is 2. The maximum absolute atomic E-state index is 5.73. The molecule has 0 amide bonds. The smallest absolute Gasteiger partial charge is 0.191 e. The van der Waals surface area contributed by atoms with Crippen molar-refractivity contribution in [3.8, 4) is 0 Å². The van der Waals surface area contributed by atoms with Crippen LogP contribution in [-0.2, 0) is 9.47 Å². The Bertz CT molecular complexity index is 372. The minimum atomic E-state index is 0.597. The minimum absolute atomic E-state index is 0.597. The van der Waals surface area contributed by atoms with Crippen molar-refractivity contribution < 1.29 is 9.47 Å². The zero-order valence-electron chi connectivity index (χ0n) is 16.3. The molecule has 0 radical (unpaired) electrons. The summed E-state index contributed by atoms with van der Waals surface area (Å²) in [6.07, 6.45) is 6.16. The SMILES string of the molecule is CCNC(=NCCCOCC1CCOC1)NCCN1CCCCC1C. The Kier molecular flexibility index (Phi) is 10.2. The fourth-order valence-electron chi connectivity index (χ4n) is 3.47. The van der Waals surface area contributed by atoms with Crippen LogP contribution in [0.15, 0.2) is 4.99 Å². The maximum atomic E-state index is 5.73. The first-order valence-corrected chi connectivity index (χ1v) is 10.2. The van der Waals surface area contributed by atoms with E-state index in [0.717, 1.165) is 77.4 Å². The molecule has 0 bridgehead atoms. The second-order valence-electron chi connectivity index (χ2n) is 7.23. The number of hydrogen-bond acceptors (Lipinski definition) is 4. The maximum Gasteiger partial charge on any atom is 0.191 e. The lowest BCUT2D eigenvalue weighted by Gasteiger charge is -2.33. The largest absolute Gasteiger partial charge is 0.381 e. The van der Waals surface area contributed by atoms with Crippen LogP contribution in [0.5, 0.6) is 0 Å². The predicted molar refractivity (Wildman–Crippen MR) is 103 cm³/mol. The van der Waals surface area contributed by atoms with E-state index in [9.17, 15) is 0 Å². The number of nitrogens with zero attached hydrogens (tertiary/aromatic N) is 2. The third-order valence-electron chi connectivity index (χ3n) is 5.07. The summed E-state index contributed by atoms with van der Waals surface area (Å²) < 4.78 is 11.1. The van der Waals surface area contributed by atoms with E-state index < -0.39 is 0 Å². The van der Waals surface area contributed by atoms with E-state index >= 15 is 0 Å². The van der Waals surface area contributed by atoms with E-state index in [1.165, 1.54) is 25.8 Å². The lowest BCUT2D eigenvalue weighted by Crippen LogP contribution is -2.45. The van der Waals surface area contributed by atoms with Gasteiger partial charge in [0.1, 0.15) is 0 Å². The normalized spacial score (nSPS) is 25.3. The molecular weight excluding hydrogens is 316 g/mol. The van der Waals surface area contributed by atoms with Crippen molar-refractivity contribution >= 4 is 5.96 Å². The topological polar surface area (TPSA) is 58.1 Å². The number of aliphatic imine (C=N–C) groups is 1. The summed E-state index contributed by atoms with van der Waals surface area (Å²) in [4.78, 5) is 7.24. The Morgan fingerprint density at radius 3 is 2.96 bits per heavy atom. The van der Waals surface area contributed by atoms with Crippen LogP contribution in [0, 0.1) is 5.92 Å². The standard InChI is InChI=1S/C19H38N4O2/c1-3-20-19(22-10-12-23-11-5-4-7-17(23)2)21-9-6-13-24-15-18-8-14-25-16-18/h17-18H,3-16H2,1-2H3,(H2,20,21,22). The lowest BCUT2D eigenvalue weighted by molar-refractivity contribution is 0.0893. The van der Waals surface area contributed by atoms with Gasteiger partial charge in [0, 0.05) is 51.4 Å². The van der Waals surface area contributed by atoms with Crippen LogP contribution in [0.3, 0.4) is 0 Å². The van der Waals surface area contributed by atoms with Gasteiger partial charge in [-0.1, -0.05) is 6.42 Å². The summed E-state index contributed by atoms with van der Waals surface area (Å²) in [6, 6.07) is 0.720. The molecule has 0 spiro atoms. The van der Waals surface area contributed by atoms with Crippen LogP contribution < -0.4 is 10.6 Å². The molecule has 2 fully saturated rings. The minimum Gasteiger partial charge on any atom is -0.381 e. The quantitative estimate of drug-likeness (QED) is 0.356. The predicted octanol–water partition coefficient (Wildman–Crippen LogP) is 1.86. The highest BCUT2D eigenvalue weighted by molar-refractivity contribution is 5.79. The van der Waals surface area contributed by atoms with Gasteiger partial charge in [0.05, 0.1) is 13.2 Å². The van der Waals surface area contributed by atoms with E-state index in [1.54, 1.807) is 0 Å². The van der Waals surface area contributed by atoms with E-state index in [-0.39, 0.29) is 0 Å². The van der Waals surface area contributed by atoms with Gasteiger partial charge in [0.2, 0.25) is 0 Å². The van der Waals surface area contributed by atoms with Gasteiger partial charge >= 0.3 is 0 Å². The molecule has 2 aliphatic rings. The number of rotatable bonds is 10. The molecule has 2 N–H and O–H groups in total. The van der Waals surface area contributed by atoms with Gasteiger partial charge in [-0.25, -0.2) is 0 Å². The summed E-state index contributed by atoms with van der Waals surface area (Å²) in [7, 11) is 0. The molecule has 0 aromatic heterocycles. The van der Waals surface area contributed by atoms with Gasteiger partial charge in [0.15, 0.2) is 5.96 Å². The molecule has 0 aliphatic carbocycles. The summed E-state index contributed by atoms with van der Waals surface area (Å²) in [5, 5.41) is 6.79. The Balaban J connectivity index is 1.55. The Hall–Kier alpha value is -0.850.